The number of thioether (sulfide) groups is 1. The highest BCUT2D eigenvalue weighted by atomic mass is 32.2. The Bertz CT molecular complexity index is 1120. The maximum atomic E-state index is 12.7. The Balaban J connectivity index is 1.80. The van der Waals surface area contributed by atoms with Gasteiger partial charge in [-0.05, 0) is 24.3 Å². The summed E-state index contributed by atoms with van der Waals surface area (Å²) < 4.78 is 30.5. The molecule has 1 saturated heterocycles. The zero-order chi connectivity index (χ0) is 21.7. The van der Waals surface area contributed by atoms with E-state index in [1.165, 1.54) is 18.2 Å². The molecular formula is C19H16N2O6S3. The van der Waals surface area contributed by atoms with Crippen LogP contribution in [0.15, 0.2) is 64.4 Å². The standard InChI is InChI=1S/C19H16N2O6S3/c22-17(23)10-11-27-15-9-5-4-6-13(15)12-16-18(24)21(19(28)29-16)20-30(25,26)14-7-2-1-3-8-14/h1-9,12,20H,10-11H2,(H,22,23)/b16-12+. The highest BCUT2D eigenvalue weighted by Crippen LogP contribution is 2.33. The van der Waals surface area contributed by atoms with Crippen molar-refractivity contribution in [2.45, 2.75) is 11.3 Å². The van der Waals surface area contributed by atoms with E-state index in [9.17, 15) is 18.0 Å². The quantitative estimate of drug-likeness (QED) is 0.453. The van der Waals surface area contributed by atoms with Crippen molar-refractivity contribution in [1.29, 1.82) is 0 Å². The van der Waals surface area contributed by atoms with Crippen LogP contribution in [0.5, 0.6) is 5.75 Å². The van der Waals surface area contributed by atoms with Crippen molar-refractivity contribution in [2.75, 3.05) is 6.61 Å². The van der Waals surface area contributed by atoms with Crippen molar-refractivity contribution in [3.63, 3.8) is 0 Å². The number of amides is 1. The average molecular weight is 465 g/mol. The molecule has 0 atom stereocenters. The molecule has 1 fully saturated rings. The topological polar surface area (TPSA) is 113 Å². The zero-order valence-corrected chi connectivity index (χ0v) is 17.8. The van der Waals surface area contributed by atoms with E-state index < -0.39 is 21.9 Å². The molecule has 2 N–H and O–H groups in total. The monoisotopic (exact) mass is 464 g/mol. The Hall–Kier alpha value is -2.73. The molecule has 0 unspecified atom stereocenters. The van der Waals surface area contributed by atoms with Crippen LogP contribution in [0.3, 0.4) is 0 Å². The van der Waals surface area contributed by atoms with Gasteiger partial charge in [0.1, 0.15) is 5.75 Å². The number of rotatable bonds is 8. The minimum Gasteiger partial charge on any atom is -0.492 e. The molecule has 0 aromatic heterocycles. The van der Waals surface area contributed by atoms with Crippen LogP contribution in [0.4, 0.5) is 0 Å². The molecule has 1 aliphatic rings. The number of carbonyl (C=O) groups excluding carboxylic acids is 1. The third kappa shape index (κ3) is 5.25. The minimum atomic E-state index is -3.99. The second-order valence-electron chi connectivity index (χ2n) is 5.95. The number of nitrogens with zero attached hydrogens (tertiary/aromatic N) is 1. The summed E-state index contributed by atoms with van der Waals surface area (Å²) in [4.78, 5) is 25.8. The van der Waals surface area contributed by atoms with Gasteiger partial charge in [-0.2, -0.15) is 0 Å². The highest BCUT2D eigenvalue weighted by molar-refractivity contribution is 8.26. The van der Waals surface area contributed by atoms with Gasteiger partial charge < -0.3 is 9.84 Å². The molecule has 1 heterocycles. The number of hydrazine groups is 1. The lowest BCUT2D eigenvalue weighted by Crippen LogP contribution is -2.44. The van der Waals surface area contributed by atoms with Gasteiger partial charge in [0.25, 0.3) is 15.9 Å². The lowest BCUT2D eigenvalue weighted by Gasteiger charge is -2.15. The average Bonchev–Trinajstić information content (AvgIpc) is 2.97. The minimum absolute atomic E-state index is 0.000190. The summed E-state index contributed by atoms with van der Waals surface area (Å²) in [6, 6.07) is 14.4. The summed E-state index contributed by atoms with van der Waals surface area (Å²) in [7, 11) is -3.99. The zero-order valence-electron chi connectivity index (χ0n) is 15.3. The number of nitrogens with one attached hydrogen (secondary N) is 1. The summed E-state index contributed by atoms with van der Waals surface area (Å²) in [6.45, 7) is -0.0297. The van der Waals surface area contributed by atoms with Crippen molar-refractivity contribution in [1.82, 2.24) is 9.84 Å². The second-order valence-corrected chi connectivity index (χ2v) is 9.29. The van der Waals surface area contributed by atoms with Crippen molar-refractivity contribution >= 4 is 56.3 Å². The fourth-order valence-electron chi connectivity index (χ4n) is 2.44. The maximum Gasteiger partial charge on any atom is 0.306 e. The van der Waals surface area contributed by atoms with Crippen molar-refractivity contribution in [2.24, 2.45) is 0 Å². The van der Waals surface area contributed by atoms with Gasteiger partial charge in [0.15, 0.2) is 4.32 Å². The molecule has 0 bridgehead atoms. The van der Waals surface area contributed by atoms with Crippen LogP contribution in [0, 0.1) is 0 Å². The summed E-state index contributed by atoms with van der Waals surface area (Å²) in [6.07, 6.45) is 1.35. The Labute approximate surface area is 182 Å². The summed E-state index contributed by atoms with van der Waals surface area (Å²) >= 11 is 6.11. The highest BCUT2D eigenvalue weighted by Gasteiger charge is 2.35. The number of sulfonamides is 1. The lowest BCUT2D eigenvalue weighted by atomic mass is 10.2. The first-order valence-electron chi connectivity index (χ1n) is 8.57. The number of carboxylic acids is 1. The third-order valence-electron chi connectivity index (χ3n) is 3.84. The molecule has 0 aliphatic carbocycles. The van der Waals surface area contributed by atoms with Crippen LogP contribution >= 0.6 is 24.0 Å². The fourth-order valence-corrected chi connectivity index (χ4v) is 4.76. The van der Waals surface area contributed by atoms with Gasteiger partial charge in [0.05, 0.1) is 22.8 Å². The number of para-hydroxylation sites is 1. The van der Waals surface area contributed by atoms with E-state index in [2.05, 4.69) is 4.83 Å². The van der Waals surface area contributed by atoms with Gasteiger partial charge in [-0.25, -0.2) is 13.4 Å². The molecule has 0 saturated carbocycles. The van der Waals surface area contributed by atoms with Crippen molar-refractivity contribution < 1.29 is 27.9 Å². The number of hydrogen-bond acceptors (Lipinski definition) is 7. The summed E-state index contributed by atoms with van der Waals surface area (Å²) in [5.74, 6) is -1.21. The molecule has 8 nitrogen and oxygen atoms in total. The normalized spacial score (nSPS) is 15.6. The Kier molecular flexibility index (Phi) is 6.87. The number of carboxylic acid groups (broad SMARTS) is 1. The van der Waals surface area contributed by atoms with Crippen LogP contribution in [-0.2, 0) is 19.6 Å². The first-order chi connectivity index (χ1) is 14.3. The van der Waals surface area contributed by atoms with E-state index in [1.54, 1.807) is 42.5 Å². The molecule has 3 rings (SSSR count). The predicted octanol–water partition coefficient (Wildman–Crippen LogP) is 2.63. The van der Waals surface area contributed by atoms with E-state index >= 15 is 0 Å². The van der Waals surface area contributed by atoms with E-state index in [4.69, 9.17) is 22.1 Å². The van der Waals surface area contributed by atoms with E-state index in [-0.39, 0.29) is 27.1 Å². The number of aliphatic carboxylic acids is 1. The van der Waals surface area contributed by atoms with Gasteiger partial charge in [-0.15, -0.1) is 4.83 Å². The van der Waals surface area contributed by atoms with Gasteiger partial charge in [0, 0.05) is 5.56 Å². The Morgan fingerprint density at radius 2 is 1.83 bits per heavy atom. The molecular weight excluding hydrogens is 448 g/mol. The first-order valence-corrected chi connectivity index (χ1v) is 11.3. The summed E-state index contributed by atoms with van der Waals surface area (Å²) in [5.41, 5.74) is 0.536. The number of benzene rings is 2. The van der Waals surface area contributed by atoms with Crippen molar-refractivity contribution in [3.8, 4) is 5.75 Å². The molecule has 2 aromatic rings. The fraction of sp³-hybridized carbons (Fsp3) is 0.105. The molecule has 1 amide bonds. The maximum absolute atomic E-state index is 12.7. The Morgan fingerprint density at radius 1 is 1.17 bits per heavy atom. The summed E-state index contributed by atoms with van der Waals surface area (Å²) in [5, 5.41) is 9.55. The van der Waals surface area contributed by atoms with E-state index in [0.29, 0.717) is 11.3 Å². The van der Waals surface area contributed by atoms with E-state index in [0.717, 1.165) is 16.8 Å². The van der Waals surface area contributed by atoms with Crippen LogP contribution in [0.2, 0.25) is 0 Å². The van der Waals surface area contributed by atoms with Crippen LogP contribution in [0.1, 0.15) is 12.0 Å². The molecule has 0 radical (unpaired) electrons. The smallest absolute Gasteiger partial charge is 0.306 e. The predicted molar refractivity (Wildman–Crippen MR) is 116 cm³/mol. The van der Waals surface area contributed by atoms with Crippen LogP contribution < -0.4 is 9.57 Å². The molecule has 30 heavy (non-hydrogen) atoms. The third-order valence-corrected chi connectivity index (χ3v) is 6.46. The molecule has 1 aliphatic heterocycles. The molecule has 11 heteroatoms. The van der Waals surface area contributed by atoms with Crippen LogP contribution in [0.25, 0.3) is 6.08 Å². The number of thiocarbonyl (C=S) groups is 1. The number of carbonyl (C=O) groups is 2. The lowest BCUT2D eigenvalue weighted by molar-refractivity contribution is -0.137. The van der Waals surface area contributed by atoms with Crippen LogP contribution in [-0.4, -0.2) is 41.3 Å². The second kappa shape index (κ2) is 9.39. The van der Waals surface area contributed by atoms with Gasteiger partial charge >= 0.3 is 5.97 Å². The van der Waals surface area contributed by atoms with Gasteiger partial charge in [0.2, 0.25) is 0 Å². The molecule has 2 aromatic carbocycles. The number of hydrogen-bond donors (Lipinski definition) is 2. The Morgan fingerprint density at radius 3 is 2.53 bits per heavy atom. The molecule has 0 spiro atoms. The number of ether oxygens (including phenoxy) is 1. The SMILES string of the molecule is O=C(O)CCOc1ccccc1/C=C1/SC(=S)N(NS(=O)(=O)c2ccccc2)C1=O. The van der Waals surface area contributed by atoms with Gasteiger partial charge in [-0.3, -0.25) is 9.59 Å². The van der Waals surface area contributed by atoms with E-state index in [1.807, 2.05) is 0 Å². The van der Waals surface area contributed by atoms with Gasteiger partial charge in [-0.1, -0.05) is 60.4 Å². The molecule has 156 valence electrons. The largest absolute Gasteiger partial charge is 0.492 e. The van der Waals surface area contributed by atoms with Crippen molar-refractivity contribution in [3.05, 3.63) is 65.1 Å². The first kappa shape index (κ1) is 22.0.